The van der Waals surface area contributed by atoms with Crippen molar-refractivity contribution in [3.8, 4) is 0 Å². The molecule has 0 saturated heterocycles. The number of rotatable bonds is 0. The Kier molecular flexibility index (Phi) is 14.0. The second kappa shape index (κ2) is 11.9. The van der Waals surface area contributed by atoms with Crippen LogP contribution in [-0.2, 0) is 0 Å². The predicted octanol–water partition coefficient (Wildman–Crippen LogP) is 5.74. The summed E-state index contributed by atoms with van der Waals surface area (Å²) in [6.07, 6.45) is 7.80. The summed E-state index contributed by atoms with van der Waals surface area (Å²) < 4.78 is 0. The Balaban J connectivity index is 0.00000324. The van der Waals surface area contributed by atoms with E-state index < -0.39 is 0 Å². The summed E-state index contributed by atoms with van der Waals surface area (Å²) in [5.74, 6) is 0. The van der Waals surface area contributed by atoms with Crippen molar-refractivity contribution in [1.29, 1.82) is 0 Å². The van der Waals surface area contributed by atoms with Crippen LogP contribution in [0.25, 0.3) is 0 Å². The molecule has 1 aliphatic rings. The molecule has 0 aromatic heterocycles. The molecule has 6 atom stereocenters. The van der Waals surface area contributed by atoms with Crippen molar-refractivity contribution >= 4 is 113 Å². The molecule has 0 spiro atoms. The van der Waals surface area contributed by atoms with Gasteiger partial charge in [0.25, 0.3) is 0 Å². The maximum atomic E-state index is 3.84. The van der Waals surface area contributed by atoms with Crippen molar-refractivity contribution in [2.24, 2.45) is 0 Å². The minimum atomic E-state index is 0. The first-order valence-electron chi connectivity index (χ1n) is 6.29. The van der Waals surface area contributed by atoms with Gasteiger partial charge in [-0.15, -0.1) is 0 Å². The maximum Gasteiger partial charge on any atom is 0.187 e. The van der Waals surface area contributed by atoms with Crippen molar-refractivity contribution in [3.63, 3.8) is 0 Å². The molecule has 0 N–H and O–H groups in total. The Hall–Kier alpha value is 3.41. The third-order valence-electron chi connectivity index (χ3n) is 3.31. The van der Waals surface area contributed by atoms with Gasteiger partial charge in [-0.3, -0.25) is 0 Å². The van der Waals surface area contributed by atoms with Gasteiger partial charge in [0.1, 0.15) is 0 Å². The third kappa shape index (κ3) is 7.68. The summed E-state index contributed by atoms with van der Waals surface area (Å²) in [6, 6.07) is 0. The van der Waals surface area contributed by atoms with Crippen molar-refractivity contribution in [2.45, 2.75) is 67.5 Å². The van der Waals surface area contributed by atoms with Crippen LogP contribution in [0.3, 0.4) is 0 Å². The molecular weight excluding hydrogens is 651 g/mol. The average Bonchev–Trinajstić information content (AvgIpc) is 2.37. The second-order valence-corrected chi connectivity index (χ2v) is 11.4. The molecule has 0 bridgehead atoms. The summed E-state index contributed by atoms with van der Waals surface area (Å²) in [6.45, 7) is 0. The molecule has 0 radical (unpaired) electrons. The zero-order valence-corrected chi connectivity index (χ0v) is 19.5. The van der Waals surface area contributed by atoms with Crippen LogP contribution in [0.2, 0.25) is 0 Å². The van der Waals surface area contributed by atoms with Crippen LogP contribution in [0.1, 0.15) is 38.5 Å². The molecule has 0 amide bonds. The lowest BCUT2D eigenvalue weighted by atomic mass is 10.0. The summed E-state index contributed by atoms with van der Waals surface area (Å²) in [4.78, 5) is 2.70. The highest BCUT2D eigenvalue weighted by molar-refractivity contribution is 9.15. The molecule has 0 heterocycles. The predicted molar refractivity (Wildman–Crippen MR) is 114 cm³/mol. The van der Waals surface area contributed by atoms with E-state index in [1.54, 1.807) is 0 Å². The molecule has 1 aliphatic carbocycles. The molecule has 1 fully saturated rings. The molecule has 1 saturated carbocycles. The highest BCUT2D eigenvalue weighted by Gasteiger charge is 2.35. The number of halogens is 6. The molecule has 0 aromatic carbocycles. The van der Waals surface area contributed by atoms with E-state index in [-0.39, 0.29) is 17.4 Å². The first-order valence-corrected chi connectivity index (χ1v) is 11.8. The minimum Gasteiger partial charge on any atom is -0.0878 e. The fourth-order valence-electron chi connectivity index (χ4n) is 2.10. The average molecular weight is 672 g/mol. The summed E-state index contributed by atoms with van der Waals surface area (Å²) in [5, 5.41) is 0. The van der Waals surface area contributed by atoms with E-state index in [0.29, 0.717) is 29.0 Å². The van der Waals surface area contributed by atoms with E-state index in [1.807, 2.05) is 0 Å². The smallest absolute Gasteiger partial charge is 0.0878 e. The Labute approximate surface area is 178 Å². The van der Waals surface area contributed by atoms with Gasteiger partial charge in [-0.25, -0.2) is 0 Å². The number of hydrogen-bond acceptors (Lipinski definition) is 0. The molecule has 114 valence electrons. The third-order valence-corrected chi connectivity index (χ3v) is 13.6. The van der Waals surface area contributed by atoms with Crippen LogP contribution < -0.4 is 0 Å². The molecule has 6 unspecified atom stereocenters. The number of hydrogen-bond donors (Lipinski definition) is 0. The summed E-state index contributed by atoms with van der Waals surface area (Å²) >= 11 is 23.0. The van der Waals surface area contributed by atoms with E-state index >= 15 is 0 Å². The van der Waals surface area contributed by atoms with Gasteiger partial charge in [-0.2, -0.15) is 0 Å². The highest BCUT2D eigenvalue weighted by Crippen LogP contribution is 2.37. The van der Waals surface area contributed by atoms with Crippen LogP contribution in [0, 0.1) is 0 Å². The van der Waals surface area contributed by atoms with Gasteiger partial charge in [0, 0.05) is 29.0 Å². The first-order chi connectivity index (χ1) is 8.45. The van der Waals surface area contributed by atoms with Crippen LogP contribution in [0.4, 0.5) is 0 Å². The normalized spacial score (nSPS) is 42.6. The lowest BCUT2D eigenvalue weighted by molar-refractivity contribution is 0.549. The van der Waals surface area contributed by atoms with Crippen molar-refractivity contribution in [1.82, 2.24) is 0 Å². The van der Waals surface area contributed by atoms with Gasteiger partial charge in [-0.1, -0.05) is 121 Å². The zero-order valence-electron chi connectivity index (χ0n) is 9.97. The van der Waals surface area contributed by atoms with Gasteiger partial charge >= 0.3 is 0 Å². The standard InChI is InChI=1S/C12H18Br6.Al.3H/c13-7-5-3-1-2-4-6-8(14)10(16)12(18)11(17)9(7)15;;;;/h7-12H,1-6H2;;;;. The maximum absolute atomic E-state index is 3.84. The second-order valence-electron chi connectivity index (χ2n) is 4.80. The topological polar surface area (TPSA) is 0 Å². The van der Waals surface area contributed by atoms with Gasteiger partial charge < -0.3 is 0 Å². The van der Waals surface area contributed by atoms with E-state index in [1.165, 1.54) is 38.5 Å². The molecule has 0 aromatic rings. The van der Waals surface area contributed by atoms with Crippen molar-refractivity contribution in [3.05, 3.63) is 0 Å². The zero-order chi connectivity index (χ0) is 13.7. The molecule has 1 rings (SSSR count). The Morgan fingerprint density at radius 1 is 0.474 bits per heavy atom. The van der Waals surface area contributed by atoms with Crippen LogP contribution in [0.5, 0.6) is 0 Å². The molecule has 7 heteroatoms. The molecule has 0 aliphatic heterocycles. The Morgan fingerprint density at radius 3 is 1.11 bits per heavy atom. The Morgan fingerprint density at radius 2 is 0.789 bits per heavy atom. The number of alkyl halides is 6. The van der Waals surface area contributed by atoms with Crippen molar-refractivity contribution in [2.75, 3.05) is 0 Å². The van der Waals surface area contributed by atoms with E-state index in [0.717, 1.165) is 0 Å². The lowest BCUT2D eigenvalue weighted by Gasteiger charge is -2.31. The van der Waals surface area contributed by atoms with Gasteiger partial charge in [0.05, 0.1) is 0 Å². The van der Waals surface area contributed by atoms with Crippen LogP contribution >= 0.6 is 95.6 Å². The Bertz CT molecular complexity index is 218. The van der Waals surface area contributed by atoms with E-state index in [4.69, 9.17) is 0 Å². The molecule has 0 nitrogen and oxygen atoms in total. The van der Waals surface area contributed by atoms with E-state index in [9.17, 15) is 0 Å². The SMILES string of the molecule is BrC1CCCCCCC(Br)C(Br)C(Br)C(Br)C1Br.[AlH3]. The molecular formula is C12H21AlBr6. The minimum absolute atomic E-state index is 0. The van der Waals surface area contributed by atoms with Crippen LogP contribution in [-0.4, -0.2) is 46.3 Å². The van der Waals surface area contributed by atoms with Crippen LogP contribution in [0.15, 0.2) is 0 Å². The van der Waals surface area contributed by atoms with Crippen molar-refractivity contribution < 1.29 is 0 Å². The highest BCUT2D eigenvalue weighted by atomic mass is 79.9. The lowest BCUT2D eigenvalue weighted by Crippen LogP contribution is -2.39. The summed E-state index contributed by atoms with van der Waals surface area (Å²) in [7, 11) is 0. The van der Waals surface area contributed by atoms with Gasteiger partial charge in [-0.05, 0) is 12.8 Å². The molecule has 19 heavy (non-hydrogen) atoms. The van der Waals surface area contributed by atoms with Gasteiger partial charge in [0.15, 0.2) is 17.4 Å². The quantitative estimate of drug-likeness (QED) is 0.228. The fraction of sp³-hybridized carbons (Fsp3) is 1.00. The fourth-order valence-corrected chi connectivity index (χ4v) is 7.63. The largest absolute Gasteiger partial charge is 0.187 e. The van der Waals surface area contributed by atoms with E-state index in [2.05, 4.69) is 95.6 Å². The summed E-state index contributed by atoms with van der Waals surface area (Å²) in [5.41, 5.74) is 0. The van der Waals surface area contributed by atoms with Gasteiger partial charge in [0.2, 0.25) is 0 Å². The monoisotopic (exact) mass is 666 g/mol. The first kappa shape index (κ1) is 22.4.